The quantitative estimate of drug-likeness (QED) is 0.636. The van der Waals surface area contributed by atoms with Gasteiger partial charge in [0.15, 0.2) is 0 Å². The molecule has 1 aliphatic heterocycles. The largest absolute Gasteiger partial charge is 0.396 e. The van der Waals surface area contributed by atoms with Crippen LogP contribution in [0.4, 0.5) is 0 Å². The topological polar surface area (TPSA) is 23.5 Å². The van der Waals surface area contributed by atoms with E-state index in [1.54, 1.807) is 0 Å². The van der Waals surface area contributed by atoms with E-state index in [0.29, 0.717) is 6.61 Å². The van der Waals surface area contributed by atoms with Gasteiger partial charge >= 0.3 is 0 Å². The van der Waals surface area contributed by atoms with Crippen LogP contribution in [0.1, 0.15) is 51.4 Å². The van der Waals surface area contributed by atoms with Crippen molar-refractivity contribution in [3.8, 4) is 0 Å². The molecule has 2 heteroatoms. The predicted octanol–water partition coefficient (Wildman–Crippen LogP) is 2.42. The number of unbranched alkanes of at least 4 members (excludes halogenated alkanes) is 4. The van der Waals surface area contributed by atoms with Crippen LogP contribution in [0.25, 0.3) is 0 Å². The molecule has 0 bridgehead atoms. The molecule has 0 aromatic rings. The Bertz CT molecular complexity index is 121. The highest BCUT2D eigenvalue weighted by Crippen LogP contribution is 2.10. The molecule has 1 saturated heterocycles. The minimum absolute atomic E-state index is 0.367. The van der Waals surface area contributed by atoms with Crippen molar-refractivity contribution in [2.45, 2.75) is 51.4 Å². The third-order valence-electron chi connectivity index (χ3n) is 3.08. The second-order valence-electron chi connectivity index (χ2n) is 4.39. The first-order valence-electron chi connectivity index (χ1n) is 6.26. The van der Waals surface area contributed by atoms with E-state index in [-0.39, 0.29) is 0 Å². The summed E-state index contributed by atoms with van der Waals surface area (Å²) in [7, 11) is 0. The zero-order valence-electron chi connectivity index (χ0n) is 9.38. The van der Waals surface area contributed by atoms with Crippen LogP contribution in [-0.4, -0.2) is 36.2 Å². The molecule has 0 aromatic carbocycles. The van der Waals surface area contributed by atoms with Gasteiger partial charge in [-0.15, -0.1) is 0 Å². The Labute approximate surface area is 88.3 Å². The Balaban J connectivity index is 1.82. The van der Waals surface area contributed by atoms with Gasteiger partial charge in [0, 0.05) is 6.61 Å². The molecule has 1 N–H and O–H groups in total. The van der Waals surface area contributed by atoms with Crippen LogP contribution in [0, 0.1) is 0 Å². The SMILES string of the molecule is OCCCCCCCN1CCCCC1. The summed E-state index contributed by atoms with van der Waals surface area (Å²) in [6, 6.07) is 0. The van der Waals surface area contributed by atoms with E-state index in [1.807, 2.05) is 0 Å². The number of piperidine rings is 1. The van der Waals surface area contributed by atoms with E-state index >= 15 is 0 Å². The zero-order valence-corrected chi connectivity index (χ0v) is 9.38. The van der Waals surface area contributed by atoms with Gasteiger partial charge in [0.2, 0.25) is 0 Å². The number of aliphatic hydroxyl groups is 1. The van der Waals surface area contributed by atoms with Gasteiger partial charge in [-0.3, -0.25) is 0 Å². The summed E-state index contributed by atoms with van der Waals surface area (Å²) < 4.78 is 0. The summed E-state index contributed by atoms with van der Waals surface area (Å²) >= 11 is 0. The minimum atomic E-state index is 0.367. The van der Waals surface area contributed by atoms with Crippen molar-refractivity contribution in [1.29, 1.82) is 0 Å². The van der Waals surface area contributed by atoms with E-state index in [2.05, 4.69) is 4.90 Å². The lowest BCUT2D eigenvalue weighted by atomic mass is 10.1. The predicted molar refractivity (Wildman–Crippen MR) is 60.5 cm³/mol. The number of aliphatic hydroxyl groups excluding tert-OH is 1. The number of hydrogen-bond donors (Lipinski definition) is 1. The highest BCUT2D eigenvalue weighted by atomic mass is 16.2. The number of hydrogen-bond acceptors (Lipinski definition) is 2. The summed E-state index contributed by atoms with van der Waals surface area (Å²) in [5.74, 6) is 0. The highest BCUT2D eigenvalue weighted by Gasteiger charge is 2.08. The fourth-order valence-corrected chi connectivity index (χ4v) is 2.16. The molecule has 1 fully saturated rings. The molecule has 1 aliphatic rings. The highest BCUT2D eigenvalue weighted by molar-refractivity contribution is 4.64. The van der Waals surface area contributed by atoms with Crippen LogP contribution in [-0.2, 0) is 0 Å². The third-order valence-corrected chi connectivity index (χ3v) is 3.08. The van der Waals surface area contributed by atoms with Crippen molar-refractivity contribution in [2.75, 3.05) is 26.2 Å². The molecule has 0 amide bonds. The Hall–Kier alpha value is -0.0800. The summed E-state index contributed by atoms with van der Waals surface area (Å²) in [4.78, 5) is 2.61. The standard InChI is InChI=1S/C12H25NO/c14-12-8-3-1-2-5-9-13-10-6-4-7-11-13/h14H,1-12H2. The van der Waals surface area contributed by atoms with Crippen molar-refractivity contribution in [2.24, 2.45) is 0 Å². The molecule has 0 aliphatic carbocycles. The fraction of sp³-hybridized carbons (Fsp3) is 1.00. The summed E-state index contributed by atoms with van der Waals surface area (Å²) in [6.45, 7) is 4.33. The Kier molecular flexibility index (Phi) is 7.06. The Morgan fingerprint density at radius 1 is 0.786 bits per heavy atom. The van der Waals surface area contributed by atoms with Crippen molar-refractivity contribution in [1.82, 2.24) is 4.90 Å². The molecular weight excluding hydrogens is 174 g/mol. The molecule has 0 atom stereocenters. The molecule has 84 valence electrons. The lowest BCUT2D eigenvalue weighted by Crippen LogP contribution is -2.30. The van der Waals surface area contributed by atoms with Crippen LogP contribution in [0.5, 0.6) is 0 Å². The number of likely N-dealkylation sites (tertiary alicyclic amines) is 1. The molecule has 0 saturated carbocycles. The molecule has 0 radical (unpaired) electrons. The van der Waals surface area contributed by atoms with E-state index in [0.717, 1.165) is 6.42 Å². The van der Waals surface area contributed by atoms with Gasteiger partial charge in [-0.25, -0.2) is 0 Å². The lowest BCUT2D eigenvalue weighted by molar-refractivity contribution is 0.223. The molecule has 0 unspecified atom stereocenters. The maximum atomic E-state index is 8.62. The first-order valence-corrected chi connectivity index (χ1v) is 6.26. The molecule has 0 aromatic heterocycles. The van der Waals surface area contributed by atoms with Crippen LogP contribution < -0.4 is 0 Å². The molecule has 0 spiro atoms. The zero-order chi connectivity index (χ0) is 10.1. The molecule has 1 rings (SSSR count). The van der Waals surface area contributed by atoms with Gasteiger partial charge in [0.05, 0.1) is 0 Å². The Morgan fingerprint density at radius 2 is 1.43 bits per heavy atom. The van der Waals surface area contributed by atoms with Crippen molar-refractivity contribution in [3.05, 3.63) is 0 Å². The first kappa shape index (κ1) is 12.0. The smallest absolute Gasteiger partial charge is 0.0431 e. The van der Waals surface area contributed by atoms with Gasteiger partial charge in [0.25, 0.3) is 0 Å². The molecule has 14 heavy (non-hydrogen) atoms. The minimum Gasteiger partial charge on any atom is -0.396 e. The van der Waals surface area contributed by atoms with E-state index in [1.165, 1.54) is 64.6 Å². The van der Waals surface area contributed by atoms with Gasteiger partial charge < -0.3 is 10.0 Å². The van der Waals surface area contributed by atoms with E-state index in [9.17, 15) is 0 Å². The van der Waals surface area contributed by atoms with Crippen LogP contribution in [0.15, 0.2) is 0 Å². The second kappa shape index (κ2) is 8.25. The van der Waals surface area contributed by atoms with Gasteiger partial charge in [-0.2, -0.15) is 0 Å². The van der Waals surface area contributed by atoms with Crippen molar-refractivity contribution < 1.29 is 5.11 Å². The maximum absolute atomic E-state index is 8.62. The summed E-state index contributed by atoms with van der Waals surface area (Å²) in [5, 5.41) is 8.62. The summed E-state index contributed by atoms with van der Waals surface area (Å²) in [6.07, 6.45) is 10.4. The Morgan fingerprint density at radius 3 is 2.14 bits per heavy atom. The van der Waals surface area contributed by atoms with Gasteiger partial charge in [-0.05, 0) is 45.3 Å². The summed E-state index contributed by atoms with van der Waals surface area (Å²) in [5.41, 5.74) is 0. The van der Waals surface area contributed by atoms with Crippen LogP contribution in [0.2, 0.25) is 0 Å². The molecule has 2 nitrogen and oxygen atoms in total. The first-order chi connectivity index (χ1) is 6.93. The fourth-order valence-electron chi connectivity index (χ4n) is 2.16. The van der Waals surface area contributed by atoms with Crippen LogP contribution in [0.3, 0.4) is 0 Å². The average Bonchev–Trinajstić information content (AvgIpc) is 2.25. The van der Waals surface area contributed by atoms with E-state index in [4.69, 9.17) is 5.11 Å². The lowest BCUT2D eigenvalue weighted by Gasteiger charge is -2.26. The monoisotopic (exact) mass is 199 g/mol. The second-order valence-corrected chi connectivity index (χ2v) is 4.39. The number of nitrogens with zero attached hydrogens (tertiary/aromatic N) is 1. The normalized spacial score (nSPS) is 18.6. The maximum Gasteiger partial charge on any atom is 0.0431 e. The third kappa shape index (κ3) is 5.61. The molecule has 1 heterocycles. The average molecular weight is 199 g/mol. The van der Waals surface area contributed by atoms with Gasteiger partial charge in [0.1, 0.15) is 0 Å². The number of rotatable bonds is 7. The molecular formula is C12H25NO. The van der Waals surface area contributed by atoms with Crippen LogP contribution >= 0.6 is 0 Å². The van der Waals surface area contributed by atoms with Crippen molar-refractivity contribution >= 4 is 0 Å². The van der Waals surface area contributed by atoms with Crippen molar-refractivity contribution in [3.63, 3.8) is 0 Å². The van der Waals surface area contributed by atoms with Gasteiger partial charge in [-0.1, -0.05) is 25.7 Å². The van der Waals surface area contributed by atoms with E-state index < -0.39 is 0 Å².